The van der Waals surface area contributed by atoms with Crippen LogP contribution in [-0.2, 0) is 4.79 Å². The fraction of sp³-hybridized carbons (Fsp3) is 0.700. The van der Waals surface area contributed by atoms with Crippen molar-refractivity contribution < 1.29 is 9.90 Å². The number of aliphatic carboxylic acids is 1. The number of thioether (sulfide) groups is 1. The van der Waals surface area contributed by atoms with Crippen LogP contribution in [0.3, 0.4) is 0 Å². The summed E-state index contributed by atoms with van der Waals surface area (Å²) in [5.74, 6) is -0.863. The molecular weight excluding hydrogens is 198 g/mol. The number of carboxylic acid groups (broad SMARTS) is 1. The standard InChI is InChI=1S/C10H17NO2S/c1-8-6-11(7-9(2)14-8)5-3-4-10(12)13/h3-4,8-9H,5-7H2,1-2H3,(H,12,13). The molecule has 1 N–H and O–H groups in total. The molecule has 14 heavy (non-hydrogen) atoms. The second-order valence-electron chi connectivity index (χ2n) is 3.72. The third-order valence-corrected chi connectivity index (χ3v) is 3.35. The molecule has 0 aliphatic carbocycles. The molecular formula is C10H17NO2S. The summed E-state index contributed by atoms with van der Waals surface area (Å²) in [7, 11) is 0. The molecule has 2 unspecified atom stereocenters. The third-order valence-electron chi connectivity index (χ3n) is 2.12. The van der Waals surface area contributed by atoms with Crippen molar-refractivity contribution in [2.45, 2.75) is 24.3 Å². The highest BCUT2D eigenvalue weighted by atomic mass is 32.2. The minimum absolute atomic E-state index is 0.650. The Balaban J connectivity index is 2.33. The van der Waals surface area contributed by atoms with Crippen molar-refractivity contribution in [3.63, 3.8) is 0 Å². The molecule has 0 spiro atoms. The Hall–Kier alpha value is -0.480. The van der Waals surface area contributed by atoms with E-state index in [0.29, 0.717) is 10.5 Å². The minimum atomic E-state index is -0.863. The van der Waals surface area contributed by atoms with E-state index in [1.807, 2.05) is 11.8 Å². The van der Waals surface area contributed by atoms with Crippen LogP contribution in [0.25, 0.3) is 0 Å². The van der Waals surface area contributed by atoms with E-state index in [2.05, 4.69) is 18.7 Å². The summed E-state index contributed by atoms with van der Waals surface area (Å²) in [5, 5.41) is 9.74. The number of carbonyl (C=O) groups is 1. The lowest BCUT2D eigenvalue weighted by molar-refractivity contribution is -0.131. The van der Waals surface area contributed by atoms with Crippen LogP contribution in [0.15, 0.2) is 12.2 Å². The molecule has 0 saturated carbocycles. The van der Waals surface area contributed by atoms with Gasteiger partial charge in [0.25, 0.3) is 0 Å². The molecule has 0 amide bonds. The maximum Gasteiger partial charge on any atom is 0.328 e. The van der Waals surface area contributed by atoms with Gasteiger partial charge in [0.15, 0.2) is 0 Å². The quantitative estimate of drug-likeness (QED) is 0.723. The Morgan fingerprint density at radius 3 is 2.57 bits per heavy atom. The molecule has 1 rings (SSSR count). The van der Waals surface area contributed by atoms with Crippen LogP contribution >= 0.6 is 11.8 Å². The first-order valence-electron chi connectivity index (χ1n) is 4.85. The monoisotopic (exact) mass is 215 g/mol. The van der Waals surface area contributed by atoms with Gasteiger partial charge in [-0.15, -0.1) is 0 Å². The molecule has 0 bridgehead atoms. The molecule has 0 radical (unpaired) electrons. The van der Waals surface area contributed by atoms with Crippen molar-refractivity contribution in [3.05, 3.63) is 12.2 Å². The molecule has 1 heterocycles. The van der Waals surface area contributed by atoms with Gasteiger partial charge in [-0.3, -0.25) is 4.90 Å². The molecule has 1 aliphatic heterocycles. The maximum atomic E-state index is 10.3. The van der Waals surface area contributed by atoms with Crippen LogP contribution in [-0.4, -0.2) is 46.1 Å². The Labute approximate surface area is 89.2 Å². The van der Waals surface area contributed by atoms with Gasteiger partial charge in [0.1, 0.15) is 0 Å². The van der Waals surface area contributed by atoms with Crippen LogP contribution in [0, 0.1) is 0 Å². The van der Waals surface area contributed by atoms with Gasteiger partial charge < -0.3 is 5.11 Å². The van der Waals surface area contributed by atoms with Crippen LogP contribution in [0.5, 0.6) is 0 Å². The van der Waals surface area contributed by atoms with Gasteiger partial charge in [-0.1, -0.05) is 19.9 Å². The smallest absolute Gasteiger partial charge is 0.328 e. The number of carboxylic acids is 1. The van der Waals surface area contributed by atoms with Gasteiger partial charge in [-0.2, -0.15) is 11.8 Å². The number of hydrogen-bond donors (Lipinski definition) is 1. The van der Waals surface area contributed by atoms with Gasteiger partial charge in [0, 0.05) is 36.2 Å². The summed E-state index contributed by atoms with van der Waals surface area (Å²) in [5.41, 5.74) is 0. The summed E-state index contributed by atoms with van der Waals surface area (Å²) in [6, 6.07) is 0. The number of rotatable bonds is 3. The van der Waals surface area contributed by atoms with Crippen molar-refractivity contribution in [1.82, 2.24) is 4.90 Å². The van der Waals surface area contributed by atoms with Crippen molar-refractivity contribution in [2.24, 2.45) is 0 Å². The lowest BCUT2D eigenvalue weighted by Gasteiger charge is -2.33. The fourth-order valence-corrected chi connectivity index (χ4v) is 3.12. The first-order valence-corrected chi connectivity index (χ1v) is 5.79. The van der Waals surface area contributed by atoms with E-state index in [9.17, 15) is 4.79 Å². The molecule has 0 aromatic rings. The molecule has 1 saturated heterocycles. The maximum absolute atomic E-state index is 10.3. The molecule has 0 aromatic heterocycles. The second kappa shape index (κ2) is 5.41. The van der Waals surface area contributed by atoms with Crippen molar-refractivity contribution in [3.8, 4) is 0 Å². The zero-order chi connectivity index (χ0) is 10.6. The molecule has 1 aliphatic rings. The Morgan fingerprint density at radius 1 is 1.50 bits per heavy atom. The highest BCUT2D eigenvalue weighted by molar-refractivity contribution is 8.00. The lowest BCUT2D eigenvalue weighted by atomic mass is 10.3. The van der Waals surface area contributed by atoms with E-state index in [1.54, 1.807) is 6.08 Å². The van der Waals surface area contributed by atoms with E-state index < -0.39 is 5.97 Å². The largest absolute Gasteiger partial charge is 0.478 e. The van der Waals surface area contributed by atoms with Crippen LogP contribution in [0.1, 0.15) is 13.8 Å². The lowest BCUT2D eigenvalue weighted by Crippen LogP contribution is -2.40. The van der Waals surface area contributed by atoms with E-state index in [1.165, 1.54) is 6.08 Å². The van der Waals surface area contributed by atoms with E-state index in [4.69, 9.17) is 5.11 Å². The van der Waals surface area contributed by atoms with E-state index in [-0.39, 0.29) is 0 Å². The van der Waals surface area contributed by atoms with Gasteiger partial charge in [-0.05, 0) is 0 Å². The molecule has 4 heteroatoms. The summed E-state index contributed by atoms with van der Waals surface area (Å²) < 4.78 is 0. The minimum Gasteiger partial charge on any atom is -0.478 e. The summed E-state index contributed by atoms with van der Waals surface area (Å²) in [6.45, 7) is 7.29. The molecule has 2 atom stereocenters. The topological polar surface area (TPSA) is 40.5 Å². The number of hydrogen-bond acceptors (Lipinski definition) is 3. The molecule has 3 nitrogen and oxygen atoms in total. The third kappa shape index (κ3) is 4.15. The number of nitrogens with zero attached hydrogens (tertiary/aromatic N) is 1. The predicted octanol–water partition coefficient (Wildman–Crippen LogP) is 1.45. The van der Waals surface area contributed by atoms with Gasteiger partial charge >= 0.3 is 5.97 Å². The summed E-state index contributed by atoms with van der Waals surface area (Å²) in [6.07, 6.45) is 2.94. The molecule has 80 valence electrons. The van der Waals surface area contributed by atoms with Crippen LogP contribution in [0.2, 0.25) is 0 Å². The highest BCUT2D eigenvalue weighted by Gasteiger charge is 2.20. The zero-order valence-corrected chi connectivity index (χ0v) is 9.46. The van der Waals surface area contributed by atoms with Gasteiger partial charge in [0.05, 0.1) is 0 Å². The summed E-state index contributed by atoms with van der Waals surface area (Å²) >= 11 is 2.00. The highest BCUT2D eigenvalue weighted by Crippen LogP contribution is 2.24. The Kier molecular flexibility index (Phi) is 4.48. The Bertz CT molecular complexity index is 220. The molecule has 1 fully saturated rings. The normalized spacial score (nSPS) is 29.6. The van der Waals surface area contributed by atoms with Crippen molar-refractivity contribution >= 4 is 17.7 Å². The average Bonchev–Trinajstić information content (AvgIpc) is 2.01. The Morgan fingerprint density at radius 2 is 2.07 bits per heavy atom. The zero-order valence-electron chi connectivity index (χ0n) is 8.64. The average molecular weight is 215 g/mol. The first-order chi connectivity index (χ1) is 6.58. The van der Waals surface area contributed by atoms with Gasteiger partial charge in [0.2, 0.25) is 0 Å². The SMILES string of the molecule is CC1CN(CC=CC(=O)O)CC(C)S1. The summed E-state index contributed by atoms with van der Waals surface area (Å²) in [4.78, 5) is 12.6. The van der Waals surface area contributed by atoms with E-state index >= 15 is 0 Å². The van der Waals surface area contributed by atoms with Crippen molar-refractivity contribution in [1.29, 1.82) is 0 Å². The van der Waals surface area contributed by atoms with E-state index in [0.717, 1.165) is 19.6 Å². The first kappa shape index (κ1) is 11.6. The fourth-order valence-electron chi connectivity index (χ4n) is 1.74. The predicted molar refractivity (Wildman–Crippen MR) is 59.7 cm³/mol. The molecule has 0 aromatic carbocycles. The second-order valence-corrected chi connectivity index (χ2v) is 5.60. The van der Waals surface area contributed by atoms with Crippen LogP contribution < -0.4 is 0 Å². The van der Waals surface area contributed by atoms with Gasteiger partial charge in [-0.25, -0.2) is 4.79 Å². The van der Waals surface area contributed by atoms with Crippen LogP contribution in [0.4, 0.5) is 0 Å². The van der Waals surface area contributed by atoms with Crippen molar-refractivity contribution in [2.75, 3.05) is 19.6 Å².